The van der Waals surface area contributed by atoms with E-state index >= 15 is 0 Å². The largest absolute Gasteiger partial charge is 0.396 e. The number of halogens is 1. The summed E-state index contributed by atoms with van der Waals surface area (Å²) in [5, 5.41) is 2.10. The third-order valence-corrected chi connectivity index (χ3v) is 1.93. The van der Waals surface area contributed by atoms with Gasteiger partial charge in [-0.05, 0) is 6.92 Å². The summed E-state index contributed by atoms with van der Waals surface area (Å²) in [5.74, 6) is 0. The molecule has 0 bridgehead atoms. The number of nitrogens with two attached hydrogens (primary N) is 1. The lowest BCUT2D eigenvalue weighted by Crippen LogP contribution is -2.22. The Kier molecular flexibility index (Phi) is 3.33. The summed E-state index contributed by atoms with van der Waals surface area (Å²) in [4.78, 5) is 8.94. The second kappa shape index (κ2) is 4.30. The third-order valence-electron chi connectivity index (χ3n) is 1.66. The first kappa shape index (κ1) is 10.1. The molecule has 0 aliphatic heterocycles. The van der Waals surface area contributed by atoms with Crippen molar-refractivity contribution in [2.45, 2.75) is 6.92 Å². The van der Waals surface area contributed by atoms with E-state index in [1.165, 1.54) is 6.20 Å². The zero-order valence-corrected chi connectivity index (χ0v) is 8.38. The van der Waals surface area contributed by atoms with E-state index in [2.05, 4.69) is 4.98 Å². The molecule has 1 rings (SSSR count). The monoisotopic (exact) mass is 201 g/mol. The van der Waals surface area contributed by atoms with Gasteiger partial charge in [-0.25, -0.2) is 0 Å². The molecule has 0 fully saturated rings. The van der Waals surface area contributed by atoms with E-state index in [0.29, 0.717) is 22.9 Å². The average Bonchev–Trinajstić information content (AvgIpc) is 2.11. The molecular weight excluding hydrogens is 190 g/mol. The Hall–Kier alpha value is -1.00. The fourth-order valence-electron chi connectivity index (χ4n) is 1.08. The summed E-state index contributed by atoms with van der Waals surface area (Å²) in [6.45, 7) is 2.62. The van der Waals surface area contributed by atoms with Crippen LogP contribution in [0, 0.1) is 0 Å². The molecule has 0 saturated heterocycles. The van der Waals surface area contributed by atoms with Crippen LogP contribution in [0.2, 0.25) is 5.02 Å². The van der Waals surface area contributed by atoms with Crippen LogP contribution in [0.3, 0.4) is 0 Å². The molecule has 0 aliphatic carbocycles. The molecule has 0 atom stereocenters. The Morgan fingerprint density at radius 1 is 1.62 bits per heavy atom. The van der Waals surface area contributed by atoms with Crippen LogP contribution in [-0.4, -0.2) is 18.6 Å². The van der Waals surface area contributed by atoms with Crippen LogP contribution in [0.25, 0.3) is 0 Å². The molecular formula is C8H12ClN3O. The first-order valence-electron chi connectivity index (χ1n) is 3.91. The zero-order valence-electron chi connectivity index (χ0n) is 7.62. The minimum absolute atomic E-state index is 0.490. The van der Waals surface area contributed by atoms with Crippen molar-refractivity contribution in [3.63, 3.8) is 0 Å². The number of nitrogen functional groups attached to an aromatic ring is 1. The lowest BCUT2D eigenvalue weighted by Gasteiger charge is -2.21. The van der Waals surface area contributed by atoms with Gasteiger partial charge in [0.25, 0.3) is 0 Å². The smallest absolute Gasteiger partial charge is 0.108 e. The molecule has 5 heteroatoms. The van der Waals surface area contributed by atoms with Crippen LogP contribution >= 0.6 is 11.6 Å². The van der Waals surface area contributed by atoms with Crippen molar-refractivity contribution in [2.75, 3.05) is 24.5 Å². The molecule has 72 valence electrons. The number of nitrogens with zero attached hydrogens (tertiary/aromatic N) is 2. The van der Waals surface area contributed by atoms with E-state index < -0.39 is 0 Å². The summed E-state index contributed by atoms with van der Waals surface area (Å²) in [5.41, 5.74) is 6.88. The second-order valence-corrected chi connectivity index (χ2v) is 2.84. The fraction of sp³-hybridized carbons (Fsp3) is 0.375. The van der Waals surface area contributed by atoms with E-state index in [9.17, 15) is 0 Å². The van der Waals surface area contributed by atoms with Gasteiger partial charge in [-0.3, -0.25) is 14.9 Å². The van der Waals surface area contributed by atoms with E-state index in [0.717, 1.165) is 0 Å². The van der Waals surface area contributed by atoms with Crippen LogP contribution in [0.5, 0.6) is 0 Å². The maximum atomic E-state index is 5.92. The molecule has 1 aromatic heterocycles. The van der Waals surface area contributed by atoms with Crippen molar-refractivity contribution in [1.29, 1.82) is 0 Å². The maximum absolute atomic E-state index is 5.92. The van der Waals surface area contributed by atoms with Crippen molar-refractivity contribution in [2.24, 2.45) is 0 Å². The van der Waals surface area contributed by atoms with E-state index in [1.54, 1.807) is 18.4 Å². The molecule has 1 heterocycles. The highest BCUT2D eigenvalue weighted by molar-refractivity contribution is 6.33. The predicted octanol–water partition coefficient (Wildman–Crippen LogP) is 1.70. The molecule has 1 aromatic rings. The Morgan fingerprint density at radius 3 is 2.77 bits per heavy atom. The van der Waals surface area contributed by atoms with E-state index in [1.807, 2.05) is 6.92 Å². The van der Waals surface area contributed by atoms with Crippen LogP contribution in [0.4, 0.5) is 11.4 Å². The van der Waals surface area contributed by atoms with Crippen molar-refractivity contribution in [3.05, 3.63) is 17.4 Å². The standard InChI is InChI=1S/C8H12ClN3O/c1-3-12(13-2)8-6(9)4-11-5-7(8)10/h4-5H,3,10H2,1-2H3. The molecule has 4 nitrogen and oxygen atoms in total. The van der Waals surface area contributed by atoms with Crippen molar-refractivity contribution >= 4 is 23.0 Å². The SMILES string of the molecule is CCN(OC)c1c(N)cncc1Cl. The first-order chi connectivity index (χ1) is 6.20. The van der Waals surface area contributed by atoms with Gasteiger partial charge >= 0.3 is 0 Å². The van der Waals surface area contributed by atoms with Gasteiger partial charge in [0, 0.05) is 12.7 Å². The summed E-state index contributed by atoms with van der Waals surface area (Å²) in [7, 11) is 1.57. The first-order valence-corrected chi connectivity index (χ1v) is 4.29. The maximum Gasteiger partial charge on any atom is 0.108 e. The Morgan fingerprint density at radius 2 is 2.31 bits per heavy atom. The van der Waals surface area contributed by atoms with Gasteiger partial charge in [-0.2, -0.15) is 0 Å². The van der Waals surface area contributed by atoms with Gasteiger partial charge in [-0.15, -0.1) is 0 Å². The van der Waals surface area contributed by atoms with Gasteiger partial charge in [0.15, 0.2) is 0 Å². The minimum atomic E-state index is 0.490. The topological polar surface area (TPSA) is 51.4 Å². The molecule has 0 aromatic carbocycles. The number of hydrogen-bond acceptors (Lipinski definition) is 4. The lowest BCUT2D eigenvalue weighted by atomic mass is 10.3. The summed E-state index contributed by atoms with van der Waals surface area (Å²) in [6, 6.07) is 0. The lowest BCUT2D eigenvalue weighted by molar-refractivity contribution is 0.171. The molecule has 0 spiro atoms. The molecule has 0 unspecified atom stereocenters. The molecule has 0 amide bonds. The second-order valence-electron chi connectivity index (χ2n) is 2.44. The van der Waals surface area contributed by atoms with Gasteiger partial charge in [0.05, 0.1) is 24.0 Å². The van der Waals surface area contributed by atoms with Gasteiger partial charge in [0.1, 0.15) is 5.69 Å². The predicted molar refractivity (Wildman–Crippen MR) is 53.7 cm³/mol. The highest BCUT2D eigenvalue weighted by atomic mass is 35.5. The number of aromatic nitrogens is 1. The van der Waals surface area contributed by atoms with Gasteiger partial charge < -0.3 is 5.73 Å². The summed E-state index contributed by atoms with van der Waals surface area (Å²) in [6.07, 6.45) is 3.08. The van der Waals surface area contributed by atoms with Crippen molar-refractivity contribution in [1.82, 2.24) is 4.98 Å². The summed E-state index contributed by atoms with van der Waals surface area (Å²) >= 11 is 5.92. The molecule has 2 N–H and O–H groups in total. The molecule has 0 aliphatic rings. The quantitative estimate of drug-likeness (QED) is 0.757. The highest BCUT2D eigenvalue weighted by Crippen LogP contribution is 2.30. The van der Waals surface area contributed by atoms with Crippen LogP contribution < -0.4 is 10.8 Å². The van der Waals surface area contributed by atoms with Crippen molar-refractivity contribution < 1.29 is 4.84 Å². The van der Waals surface area contributed by atoms with Crippen molar-refractivity contribution in [3.8, 4) is 0 Å². The molecule has 0 radical (unpaired) electrons. The van der Waals surface area contributed by atoms with Gasteiger partial charge in [-0.1, -0.05) is 11.6 Å². The van der Waals surface area contributed by atoms with Crippen LogP contribution in [-0.2, 0) is 4.84 Å². The van der Waals surface area contributed by atoms with Crippen LogP contribution in [0.1, 0.15) is 6.92 Å². The number of hydroxylamine groups is 1. The average molecular weight is 202 g/mol. The Balaban J connectivity index is 3.10. The number of anilines is 2. The minimum Gasteiger partial charge on any atom is -0.396 e. The fourth-order valence-corrected chi connectivity index (χ4v) is 1.34. The van der Waals surface area contributed by atoms with Gasteiger partial charge in [0.2, 0.25) is 0 Å². The molecule has 0 saturated carbocycles. The highest BCUT2D eigenvalue weighted by Gasteiger charge is 2.11. The Bertz CT molecular complexity index is 268. The Labute approximate surface area is 82.2 Å². The van der Waals surface area contributed by atoms with E-state index in [-0.39, 0.29) is 0 Å². The number of pyridine rings is 1. The van der Waals surface area contributed by atoms with Crippen LogP contribution in [0.15, 0.2) is 12.4 Å². The number of hydrogen-bond donors (Lipinski definition) is 1. The van der Waals surface area contributed by atoms with E-state index in [4.69, 9.17) is 22.2 Å². The normalized spacial score (nSPS) is 10.1. The number of rotatable bonds is 3. The third kappa shape index (κ3) is 2.02. The summed E-state index contributed by atoms with van der Waals surface area (Å²) < 4.78 is 0. The zero-order chi connectivity index (χ0) is 9.84. The molecule has 13 heavy (non-hydrogen) atoms.